The van der Waals surface area contributed by atoms with E-state index >= 15 is 0 Å². The molecule has 2 aromatic carbocycles. The fraction of sp³-hybridized carbons (Fsp3) is 0.143. The maximum absolute atomic E-state index is 13.3. The molecule has 0 aliphatic carbocycles. The molecule has 0 atom stereocenters. The Kier molecular flexibility index (Phi) is 4.76. The van der Waals surface area contributed by atoms with Gasteiger partial charge in [-0.3, -0.25) is 0 Å². The van der Waals surface area contributed by atoms with Crippen molar-refractivity contribution in [2.45, 2.75) is 14.6 Å². The Labute approximate surface area is 127 Å². The van der Waals surface area contributed by atoms with Crippen molar-refractivity contribution >= 4 is 29.3 Å². The Morgan fingerprint density at radius 2 is 1.52 bits per heavy atom. The van der Waals surface area contributed by atoms with Crippen LogP contribution in [0.4, 0.5) is 13.2 Å². The van der Waals surface area contributed by atoms with E-state index in [0.29, 0.717) is 0 Å². The van der Waals surface area contributed by atoms with Crippen LogP contribution in [0.1, 0.15) is 0 Å². The van der Waals surface area contributed by atoms with Crippen LogP contribution in [-0.2, 0) is 9.84 Å². The first-order valence-electron chi connectivity index (χ1n) is 5.89. The van der Waals surface area contributed by atoms with Crippen LogP contribution >= 0.6 is 0 Å². The van der Waals surface area contributed by atoms with Gasteiger partial charge in [0, 0.05) is 0 Å². The van der Waals surface area contributed by atoms with Crippen LogP contribution in [0.25, 0.3) is 0 Å². The summed E-state index contributed by atoms with van der Waals surface area (Å²) in [4.78, 5) is -3.68. The van der Waals surface area contributed by atoms with Gasteiger partial charge in [0.1, 0.15) is 0 Å². The van der Waals surface area contributed by atoms with Gasteiger partial charge in [0.2, 0.25) is 0 Å². The first-order valence-corrected chi connectivity index (χ1v) is 9.08. The molecule has 0 amide bonds. The Morgan fingerprint density at radius 1 is 0.952 bits per heavy atom. The van der Waals surface area contributed by atoms with E-state index in [1.807, 2.05) is 0 Å². The zero-order valence-electron chi connectivity index (χ0n) is 10.7. The second kappa shape index (κ2) is 6.22. The number of halogens is 3. The van der Waals surface area contributed by atoms with E-state index in [0.717, 1.165) is 0 Å². The summed E-state index contributed by atoms with van der Waals surface area (Å²) in [5, 5.41) is 0. The Morgan fingerprint density at radius 3 is 2.14 bits per heavy atom. The molecule has 112 valence electrons. The summed E-state index contributed by atoms with van der Waals surface area (Å²) < 4.78 is 63.8. The SMILES string of the molecule is O=S(=O)(c1ccccc1)c1ccccc1[Se]C(F)(F)CF. The molecule has 0 unspecified atom stereocenters. The summed E-state index contributed by atoms with van der Waals surface area (Å²) in [5.74, 6) is 0. The van der Waals surface area contributed by atoms with E-state index < -0.39 is 36.3 Å². The molecule has 0 fully saturated rings. The quantitative estimate of drug-likeness (QED) is 0.748. The molecule has 21 heavy (non-hydrogen) atoms. The number of hydrogen-bond acceptors (Lipinski definition) is 2. The Hall–Kier alpha value is -1.30. The van der Waals surface area contributed by atoms with E-state index in [-0.39, 0.29) is 14.3 Å². The molecular formula is C14H11F3O2SSe. The molecule has 2 rings (SSSR count). The summed E-state index contributed by atoms with van der Waals surface area (Å²) in [5.41, 5.74) is 0. The van der Waals surface area contributed by atoms with Crippen LogP contribution < -0.4 is 4.46 Å². The molecule has 0 radical (unpaired) electrons. The van der Waals surface area contributed by atoms with Crippen LogP contribution in [0, 0.1) is 0 Å². The van der Waals surface area contributed by atoms with Crippen LogP contribution in [0.5, 0.6) is 0 Å². The zero-order chi connectivity index (χ0) is 15.5. The van der Waals surface area contributed by atoms with Crippen molar-refractivity contribution in [1.82, 2.24) is 0 Å². The minimum atomic E-state index is -3.89. The fourth-order valence-corrected chi connectivity index (χ4v) is 5.39. The average molecular weight is 379 g/mol. The summed E-state index contributed by atoms with van der Waals surface area (Å²) in [6.07, 6.45) is 0. The molecule has 0 aliphatic heterocycles. The van der Waals surface area contributed by atoms with Crippen molar-refractivity contribution < 1.29 is 21.6 Å². The van der Waals surface area contributed by atoms with Crippen molar-refractivity contribution in [1.29, 1.82) is 0 Å². The van der Waals surface area contributed by atoms with Gasteiger partial charge in [0.25, 0.3) is 0 Å². The Bertz CT molecular complexity index is 718. The van der Waals surface area contributed by atoms with Gasteiger partial charge in [-0.1, -0.05) is 0 Å². The molecule has 0 N–H and O–H groups in total. The van der Waals surface area contributed by atoms with Crippen LogP contribution in [-0.4, -0.2) is 34.9 Å². The molecule has 0 aromatic heterocycles. The number of benzene rings is 2. The first-order chi connectivity index (χ1) is 9.87. The summed E-state index contributed by atoms with van der Waals surface area (Å²) in [6, 6.07) is 13.1. The second-order valence-corrected chi connectivity index (χ2v) is 8.66. The molecule has 2 nitrogen and oxygen atoms in total. The van der Waals surface area contributed by atoms with Gasteiger partial charge in [0.05, 0.1) is 0 Å². The van der Waals surface area contributed by atoms with Gasteiger partial charge in [-0.05, 0) is 0 Å². The third-order valence-corrected chi connectivity index (χ3v) is 6.79. The van der Waals surface area contributed by atoms with Gasteiger partial charge >= 0.3 is 127 Å². The van der Waals surface area contributed by atoms with Crippen molar-refractivity contribution in [3.05, 3.63) is 54.6 Å². The summed E-state index contributed by atoms with van der Waals surface area (Å²) in [6.45, 7) is -1.80. The van der Waals surface area contributed by atoms with Crippen molar-refractivity contribution in [2.24, 2.45) is 0 Å². The second-order valence-electron chi connectivity index (χ2n) is 4.14. The van der Waals surface area contributed by atoms with Crippen molar-refractivity contribution in [2.75, 3.05) is 6.67 Å². The average Bonchev–Trinajstić information content (AvgIpc) is 2.48. The Balaban J connectivity index is 2.50. The zero-order valence-corrected chi connectivity index (χ0v) is 13.2. The fourth-order valence-electron chi connectivity index (χ4n) is 1.67. The van der Waals surface area contributed by atoms with Crippen molar-refractivity contribution in [3.8, 4) is 0 Å². The minimum absolute atomic E-state index is 0.0248. The molecule has 7 heteroatoms. The van der Waals surface area contributed by atoms with Crippen LogP contribution in [0.3, 0.4) is 0 Å². The van der Waals surface area contributed by atoms with E-state index in [4.69, 9.17) is 0 Å². The standard InChI is InChI=1S/C14H11F3O2SSe/c15-10-14(16,17)21-13-9-5-4-8-12(13)20(18,19)11-6-2-1-3-7-11/h1-9H,10H2. The number of hydrogen-bond donors (Lipinski definition) is 0. The van der Waals surface area contributed by atoms with Crippen molar-refractivity contribution in [3.63, 3.8) is 0 Å². The number of rotatable bonds is 5. The third-order valence-electron chi connectivity index (χ3n) is 2.61. The number of alkyl halides is 3. The van der Waals surface area contributed by atoms with E-state index in [2.05, 4.69) is 0 Å². The van der Waals surface area contributed by atoms with E-state index in [9.17, 15) is 21.6 Å². The molecule has 0 saturated carbocycles. The van der Waals surface area contributed by atoms with Crippen LogP contribution in [0.2, 0.25) is 0 Å². The normalized spacial score (nSPS) is 12.3. The van der Waals surface area contributed by atoms with Crippen LogP contribution in [0.15, 0.2) is 64.4 Å². The summed E-state index contributed by atoms with van der Waals surface area (Å²) in [7, 11) is -3.89. The topological polar surface area (TPSA) is 34.1 Å². The van der Waals surface area contributed by atoms with E-state index in [1.165, 1.54) is 36.4 Å². The van der Waals surface area contributed by atoms with Gasteiger partial charge in [-0.15, -0.1) is 0 Å². The molecule has 2 aromatic rings. The third kappa shape index (κ3) is 3.67. The molecule has 0 heterocycles. The van der Waals surface area contributed by atoms with Gasteiger partial charge < -0.3 is 0 Å². The van der Waals surface area contributed by atoms with E-state index in [1.54, 1.807) is 18.2 Å². The van der Waals surface area contributed by atoms with Gasteiger partial charge in [-0.2, -0.15) is 0 Å². The maximum atomic E-state index is 13.3. The predicted octanol–water partition coefficient (Wildman–Crippen LogP) is 2.41. The first kappa shape index (κ1) is 16.1. The predicted molar refractivity (Wildman–Crippen MR) is 74.6 cm³/mol. The summed E-state index contributed by atoms with van der Waals surface area (Å²) >= 11 is -1.60. The van der Waals surface area contributed by atoms with Gasteiger partial charge in [0.15, 0.2) is 0 Å². The molecule has 0 spiro atoms. The van der Waals surface area contributed by atoms with Gasteiger partial charge in [-0.25, -0.2) is 0 Å². The molecule has 0 bridgehead atoms. The number of sulfone groups is 1. The molecule has 0 aliphatic rings. The monoisotopic (exact) mass is 380 g/mol. The molecule has 0 saturated heterocycles. The molecular weight excluding hydrogens is 368 g/mol.